The van der Waals surface area contributed by atoms with E-state index in [9.17, 15) is 24.1 Å². The summed E-state index contributed by atoms with van der Waals surface area (Å²) in [5, 5.41) is 12.7. The van der Waals surface area contributed by atoms with Crippen molar-refractivity contribution in [1.82, 2.24) is 14.6 Å². The lowest BCUT2D eigenvalue weighted by Gasteiger charge is -2.24. The summed E-state index contributed by atoms with van der Waals surface area (Å²) in [5.41, 5.74) is 4.92. The molecule has 4 N–H and O–H groups in total. The van der Waals surface area contributed by atoms with Gasteiger partial charge < -0.3 is 29.6 Å². The van der Waals surface area contributed by atoms with Crippen molar-refractivity contribution >= 4 is 25.6 Å². The van der Waals surface area contributed by atoms with Crippen LogP contribution in [-0.2, 0) is 32.9 Å². The number of nitrogens with two attached hydrogens (primary N) is 1. The number of methoxy groups -OCH3 is 2. The maximum absolute atomic E-state index is 13.6. The second-order valence-electron chi connectivity index (χ2n) is 7.72. The number of para-hydroxylation sites is 1. The number of ether oxygens (including phenoxy) is 3. The average Bonchev–Trinajstić information content (AvgIpc) is 3.48. The molecular formula is C21H27N4O10P. The first-order valence-electron chi connectivity index (χ1n) is 10.7. The van der Waals surface area contributed by atoms with Crippen molar-refractivity contribution in [2.75, 3.05) is 27.4 Å². The first-order chi connectivity index (χ1) is 17.2. The van der Waals surface area contributed by atoms with Crippen molar-refractivity contribution < 1.29 is 47.3 Å². The molecule has 4 atom stereocenters. The Kier molecular flexibility index (Phi) is 9.04. The van der Waals surface area contributed by atoms with Gasteiger partial charge in [0.1, 0.15) is 11.8 Å². The molecule has 1 aliphatic rings. The molecular weight excluding hydrogens is 499 g/mol. The number of benzene rings is 1. The van der Waals surface area contributed by atoms with Gasteiger partial charge in [-0.05, 0) is 18.6 Å². The van der Waals surface area contributed by atoms with E-state index in [2.05, 4.69) is 14.8 Å². The van der Waals surface area contributed by atoms with Crippen molar-refractivity contribution in [3.8, 4) is 11.6 Å². The molecule has 1 aromatic carbocycles. The summed E-state index contributed by atoms with van der Waals surface area (Å²) < 4.78 is 41.1. The van der Waals surface area contributed by atoms with Gasteiger partial charge in [0, 0.05) is 0 Å². The van der Waals surface area contributed by atoms with E-state index in [1.54, 1.807) is 18.2 Å². The number of hydrogen-bond donors (Lipinski definition) is 3. The minimum Gasteiger partial charge on any atom is -0.493 e. The highest BCUT2D eigenvalue weighted by molar-refractivity contribution is 7.52. The smallest absolute Gasteiger partial charge is 0.459 e. The lowest BCUT2D eigenvalue weighted by molar-refractivity contribution is -0.149. The maximum Gasteiger partial charge on any atom is 0.459 e. The van der Waals surface area contributed by atoms with Gasteiger partial charge in [0.25, 0.3) is 5.91 Å². The first-order valence-corrected chi connectivity index (χ1v) is 12.3. The van der Waals surface area contributed by atoms with Crippen LogP contribution in [0.1, 0.15) is 29.4 Å². The van der Waals surface area contributed by atoms with E-state index in [1.807, 2.05) is 0 Å². The molecule has 0 aliphatic carbocycles. The summed E-state index contributed by atoms with van der Waals surface area (Å²) in [6.07, 6.45) is 0.487. The zero-order chi connectivity index (χ0) is 26.3. The number of nitrogens with one attached hydrogen (secondary N) is 1. The molecule has 3 rings (SSSR count). The molecule has 1 aliphatic heterocycles. The number of hydrogen-bond acceptors (Lipinski definition) is 11. The topological polar surface area (TPSA) is 191 Å². The highest BCUT2D eigenvalue weighted by Gasteiger charge is 2.38. The van der Waals surface area contributed by atoms with Gasteiger partial charge in [0.05, 0.1) is 52.3 Å². The Morgan fingerprint density at radius 3 is 2.61 bits per heavy atom. The summed E-state index contributed by atoms with van der Waals surface area (Å²) in [6, 6.07) is 6.30. The predicted molar refractivity (Wildman–Crippen MR) is 122 cm³/mol. The molecule has 0 radical (unpaired) electrons. The van der Waals surface area contributed by atoms with E-state index >= 15 is 0 Å². The Morgan fingerprint density at radius 2 is 2.00 bits per heavy atom. The van der Waals surface area contributed by atoms with Gasteiger partial charge in [-0.3, -0.25) is 23.5 Å². The number of imidazole rings is 1. The second kappa shape index (κ2) is 12.0. The van der Waals surface area contributed by atoms with Crippen molar-refractivity contribution in [1.29, 1.82) is 0 Å². The molecule has 3 unspecified atom stereocenters. The monoisotopic (exact) mass is 526 g/mol. The van der Waals surface area contributed by atoms with Gasteiger partial charge in [-0.15, -0.1) is 0 Å². The molecule has 14 nitrogen and oxygen atoms in total. The lowest BCUT2D eigenvalue weighted by Crippen LogP contribution is -2.39. The van der Waals surface area contributed by atoms with Crippen LogP contribution in [0, 0.1) is 0 Å². The van der Waals surface area contributed by atoms with Crippen molar-refractivity contribution in [2.45, 2.75) is 31.0 Å². The van der Waals surface area contributed by atoms with Crippen LogP contribution in [0.25, 0.3) is 0 Å². The fourth-order valence-corrected chi connectivity index (χ4v) is 4.97. The molecule has 2 aromatic rings. The Morgan fingerprint density at radius 1 is 1.28 bits per heavy atom. The average molecular weight is 526 g/mol. The summed E-state index contributed by atoms with van der Waals surface area (Å²) >= 11 is 0. The molecule has 1 fully saturated rings. The number of carbonyl (C=O) groups excluding carboxylic acids is 3. The minimum absolute atomic E-state index is 0.139. The third-order valence-electron chi connectivity index (χ3n) is 5.25. The maximum atomic E-state index is 13.6. The van der Waals surface area contributed by atoms with E-state index in [0.29, 0.717) is 6.42 Å². The summed E-state index contributed by atoms with van der Waals surface area (Å²) in [7, 11) is -2.01. The number of aromatic nitrogens is 2. The molecule has 36 heavy (non-hydrogen) atoms. The molecule has 1 aromatic heterocycles. The van der Waals surface area contributed by atoms with Gasteiger partial charge >= 0.3 is 19.7 Å². The first kappa shape index (κ1) is 27.1. The fourth-order valence-electron chi connectivity index (χ4n) is 3.45. The largest absolute Gasteiger partial charge is 0.493 e. The number of rotatable bonds is 12. The molecule has 1 amide bonds. The second-order valence-corrected chi connectivity index (χ2v) is 9.41. The van der Waals surface area contributed by atoms with E-state index in [4.69, 9.17) is 24.3 Å². The third-order valence-corrected chi connectivity index (χ3v) is 6.82. The van der Waals surface area contributed by atoms with Crippen LogP contribution in [0.5, 0.6) is 11.6 Å². The Labute approximate surface area is 206 Å². The molecule has 0 bridgehead atoms. The highest BCUT2D eigenvalue weighted by atomic mass is 31.2. The summed E-state index contributed by atoms with van der Waals surface area (Å²) in [5.74, 6) is -2.70. The fraction of sp³-hybridized carbons (Fsp3) is 0.429. The molecule has 0 saturated carbocycles. The van der Waals surface area contributed by atoms with Crippen LogP contribution in [0.2, 0.25) is 0 Å². The zero-order valence-corrected chi connectivity index (χ0v) is 20.5. The normalized spacial score (nSPS) is 19.7. The highest BCUT2D eigenvalue weighted by Crippen LogP contribution is 2.46. The number of amides is 1. The van der Waals surface area contributed by atoms with Gasteiger partial charge in [-0.2, -0.15) is 5.09 Å². The predicted octanol–water partition coefficient (Wildman–Crippen LogP) is 0.916. The Bertz CT molecular complexity index is 1130. The zero-order valence-electron chi connectivity index (χ0n) is 19.6. The van der Waals surface area contributed by atoms with Gasteiger partial charge in [0.2, 0.25) is 5.88 Å². The van der Waals surface area contributed by atoms with Crippen LogP contribution < -0.4 is 15.3 Å². The molecule has 0 spiro atoms. The van der Waals surface area contributed by atoms with E-state index in [1.165, 1.54) is 23.0 Å². The van der Waals surface area contributed by atoms with Gasteiger partial charge in [-0.25, -0.2) is 9.55 Å². The van der Waals surface area contributed by atoms with E-state index < -0.39 is 50.2 Å². The standard InChI is InChI=1S/C21H27N4O10P/c1-31-17(26)9-16(21(29)32-2)24-36(30,35-14-6-4-3-5-7-14)34-11-15-8-13(10-33-15)25-12-23-18(19(22)27)20(25)28/h3-7,12-13,15-16,28H,8-11H2,1-2H3,(H2,22,27)(H,24,30)/t13?,15?,16-,36?/m1/s1. The number of carbonyl (C=O) groups is 3. The van der Waals surface area contributed by atoms with Gasteiger partial charge in [-0.1, -0.05) is 18.2 Å². The Balaban J connectivity index is 1.72. The van der Waals surface area contributed by atoms with Crippen molar-refractivity contribution in [3.63, 3.8) is 0 Å². The SMILES string of the molecule is COC(=O)C[C@@H](NP(=O)(OCC1CC(n2cnc(C(N)=O)c2O)CO1)Oc1ccccc1)C(=O)OC. The minimum atomic E-state index is -4.26. The Hall–Kier alpha value is -3.45. The number of esters is 2. The van der Waals surface area contributed by atoms with E-state index in [0.717, 1.165) is 14.2 Å². The van der Waals surface area contributed by atoms with Crippen molar-refractivity contribution in [3.05, 3.63) is 42.4 Å². The molecule has 2 heterocycles. The van der Waals surface area contributed by atoms with Crippen LogP contribution in [0.15, 0.2) is 36.7 Å². The van der Waals surface area contributed by atoms with Crippen LogP contribution >= 0.6 is 7.75 Å². The van der Waals surface area contributed by atoms with Gasteiger partial charge in [0.15, 0.2) is 5.69 Å². The lowest BCUT2D eigenvalue weighted by atomic mass is 10.2. The third kappa shape index (κ3) is 6.82. The molecule has 196 valence electrons. The van der Waals surface area contributed by atoms with Crippen LogP contribution in [-0.4, -0.2) is 72.1 Å². The summed E-state index contributed by atoms with van der Waals surface area (Å²) in [4.78, 5) is 39.1. The quantitative estimate of drug-likeness (QED) is 0.262. The van der Waals surface area contributed by atoms with E-state index in [-0.39, 0.29) is 30.5 Å². The van der Waals surface area contributed by atoms with Crippen LogP contribution in [0.3, 0.4) is 0 Å². The summed E-state index contributed by atoms with van der Waals surface area (Å²) in [6.45, 7) is -0.0988. The number of primary amides is 1. The molecule has 15 heteroatoms. The van der Waals surface area contributed by atoms with Crippen LogP contribution in [0.4, 0.5) is 0 Å². The number of nitrogens with zero attached hydrogens (tertiary/aromatic N) is 2. The molecule has 1 saturated heterocycles. The number of aromatic hydroxyl groups is 1. The van der Waals surface area contributed by atoms with Crippen molar-refractivity contribution in [2.24, 2.45) is 5.73 Å².